The third kappa shape index (κ3) is 6.65. The number of amides is 2. The quantitative estimate of drug-likeness (QED) is 0.141. The lowest BCUT2D eigenvalue weighted by atomic mass is 10.1. The summed E-state index contributed by atoms with van der Waals surface area (Å²) in [5, 5.41) is 19.6. The second kappa shape index (κ2) is 11.4. The number of aryl methyl sites for hydroxylation is 1. The van der Waals surface area contributed by atoms with Crippen molar-refractivity contribution in [2.24, 2.45) is 5.10 Å². The van der Waals surface area contributed by atoms with E-state index in [1.54, 1.807) is 12.1 Å². The molecule has 1 heterocycles. The number of aromatic nitrogens is 2. The molecule has 3 aromatic rings. The standard InChI is InChI=1S/C27H32N6O6/c1-16-9-8-10-20(17(16)2)28-27(36)21(29-30-25(35)15-33(4,5)6)14-24(34)26-18(3)31(37)22-12-11-19(39-7)13-23(22)32(26)38/h8-13H,14-15H2,1-7H3,(H-,28,30,35,36)/p+1. The molecule has 0 unspecified atom stereocenters. The number of hydrazone groups is 1. The zero-order chi connectivity index (χ0) is 29.1. The Morgan fingerprint density at radius 3 is 2.44 bits per heavy atom. The number of hydrogen-bond acceptors (Lipinski definition) is 7. The minimum atomic E-state index is -0.826. The molecule has 0 fully saturated rings. The van der Waals surface area contributed by atoms with Gasteiger partial charge in [0.15, 0.2) is 6.54 Å². The van der Waals surface area contributed by atoms with Gasteiger partial charge in [0, 0.05) is 10.6 Å². The first-order chi connectivity index (χ1) is 18.2. The predicted molar refractivity (Wildman–Crippen MR) is 147 cm³/mol. The summed E-state index contributed by atoms with van der Waals surface area (Å²) in [6.45, 7) is 5.12. The maximum Gasteiger partial charge on any atom is 0.325 e. The first-order valence-corrected chi connectivity index (χ1v) is 12.1. The van der Waals surface area contributed by atoms with Gasteiger partial charge in [-0.3, -0.25) is 14.4 Å². The average molecular weight is 538 g/mol. The number of ketones is 1. The summed E-state index contributed by atoms with van der Waals surface area (Å²) in [6, 6.07) is 9.64. The molecule has 0 saturated carbocycles. The number of nitrogens with one attached hydrogen (secondary N) is 2. The van der Waals surface area contributed by atoms with Crippen molar-refractivity contribution in [3.05, 3.63) is 69.0 Å². The lowest BCUT2D eigenvalue weighted by Crippen LogP contribution is -2.43. The summed E-state index contributed by atoms with van der Waals surface area (Å²) in [7, 11) is 6.84. The smallest absolute Gasteiger partial charge is 0.325 e. The van der Waals surface area contributed by atoms with Crippen LogP contribution in [-0.2, 0) is 9.59 Å². The molecule has 3 rings (SSSR count). The van der Waals surface area contributed by atoms with E-state index in [-0.39, 0.29) is 29.0 Å². The maximum atomic E-state index is 13.4. The van der Waals surface area contributed by atoms with Gasteiger partial charge in [0.1, 0.15) is 17.0 Å². The minimum absolute atomic E-state index is 0.0500. The molecule has 2 aromatic carbocycles. The number of quaternary nitrogens is 1. The molecular weight excluding hydrogens is 504 g/mol. The second-order valence-corrected chi connectivity index (χ2v) is 10.2. The number of benzene rings is 2. The van der Waals surface area contributed by atoms with Gasteiger partial charge in [-0.1, -0.05) is 12.1 Å². The molecule has 2 amide bonds. The van der Waals surface area contributed by atoms with Gasteiger partial charge in [-0.05, 0) is 50.1 Å². The zero-order valence-electron chi connectivity index (χ0n) is 23.1. The molecule has 39 heavy (non-hydrogen) atoms. The van der Waals surface area contributed by atoms with Crippen LogP contribution >= 0.6 is 0 Å². The SMILES string of the molecule is COc1ccc2c(c1)[n+](=O)c(C(=O)C/C(=N/NC(=O)C[N+](C)(C)C)C(=O)Nc1cccc(C)c1C)c(C)n2[O-]. The molecule has 0 aliphatic carbocycles. The van der Waals surface area contributed by atoms with Gasteiger partial charge in [-0.25, -0.2) is 5.43 Å². The minimum Gasteiger partial charge on any atom is -0.805 e. The van der Waals surface area contributed by atoms with Crippen molar-refractivity contribution >= 4 is 40.0 Å². The first kappa shape index (κ1) is 29.0. The fraction of sp³-hybridized carbons (Fsp3) is 0.333. The molecule has 0 aliphatic heterocycles. The van der Waals surface area contributed by atoms with Crippen molar-refractivity contribution in [3.63, 3.8) is 0 Å². The van der Waals surface area contributed by atoms with Crippen LogP contribution in [0.3, 0.4) is 0 Å². The number of carbonyl (C=O) groups excluding carboxylic acids is 3. The molecule has 0 spiro atoms. The topological polar surface area (TPSA) is 148 Å². The summed E-state index contributed by atoms with van der Waals surface area (Å²) in [5.41, 5.74) is 3.63. The van der Waals surface area contributed by atoms with E-state index in [0.717, 1.165) is 11.1 Å². The number of ether oxygens (including phenoxy) is 1. The van der Waals surface area contributed by atoms with Gasteiger partial charge < -0.3 is 24.5 Å². The Hall–Kier alpha value is -4.58. The monoisotopic (exact) mass is 537 g/mol. The number of anilines is 1. The van der Waals surface area contributed by atoms with E-state index < -0.39 is 29.7 Å². The van der Waals surface area contributed by atoms with Crippen molar-refractivity contribution in [1.82, 2.24) is 10.2 Å². The fourth-order valence-electron chi connectivity index (χ4n) is 3.91. The number of hydrogen-bond donors (Lipinski definition) is 2. The van der Waals surface area contributed by atoms with Crippen LogP contribution in [0.25, 0.3) is 11.0 Å². The van der Waals surface area contributed by atoms with Crippen LogP contribution in [0.4, 0.5) is 5.69 Å². The van der Waals surface area contributed by atoms with Gasteiger partial charge in [0.2, 0.25) is 5.78 Å². The molecular formula is C27H33N6O6+. The lowest BCUT2D eigenvalue weighted by molar-refractivity contribution is -0.862. The fourth-order valence-corrected chi connectivity index (χ4v) is 3.91. The molecule has 206 valence electrons. The summed E-state index contributed by atoms with van der Waals surface area (Å²) in [4.78, 5) is 52.3. The van der Waals surface area contributed by atoms with Gasteiger partial charge in [-0.2, -0.15) is 5.10 Å². The summed E-state index contributed by atoms with van der Waals surface area (Å²) in [5.74, 6) is -1.72. The third-order valence-corrected chi connectivity index (χ3v) is 6.11. The van der Waals surface area contributed by atoms with E-state index in [2.05, 4.69) is 15.8 Å². The van der Waals surface area contributed by atoms with Crippen LogP contribution in [0.2, 0.25) is 0 Å². The molecule has 12 nitrogen and oxygen atoms in total. The highest BCUT2D eigenvalue weighted by Gasteiger charge is 2.30. The Bertz CT molecular complexity index is 1550. The van der Waals surface area contributed by atoms with Crippen LogP contribution in [0.15, 0.2) is 41.5 Å². The second-order valence-electron chi connectivity index (χ2n) is 10.2. The zero-order valence-corrected chi connectivity index (χ0v) is 23.1. The van der Waals surface area contributed by atoms with Crippen molar-refractivity contribution in [2.45, 2.75) is 27.2 Å². The number of fused-ring (bicyclic) bond motifs is 1. The van der Waals surface area contributed by atoms with Crippen molar-refractivity contribution < 1.29 is 28.0 Å². The van der Waals surface area contributed by atoms with Gasteiger partial charge >= 0.3 is 5.69 Å². The Labute approximate surface area is 225 Å². The van der Waals surface area contributed by atoms with E-state index >= 15 is 0 Å². The number of carbonyl (C=O) groups is 3. The largest absolute Gasteiger partial charge is 0.805 e. The average Bonchev–Trinajstić information content (AvgIpc) is 2.86. The first-order valence-electron chi connectivity index (χ1n) is 12.1. The Morgan fingerprint density at radius 2 is 1.79 bits per heavy atom. The number of rotatable bonds is 9. The highest BCUT2D eigenvalue weighted by molar-refractivity contribution is 6.46. The number of methoxy groups -OCH3 is 1. The molecule has 1 aromatic heterocycles. The lowest BCUT2D eigenvalue weighted by Gasteiger charge is -2.22. The highest BCUT2D eigenvalue weighted by Crippen LogP contribution is 2.21. The third-order valence-electron chi connectivity index (χ3n) is 6.11. The highest BCUT2D eigenvalue weighted by atomic mass is 16.5. The molecule has 12 heteroatoms. The Morgan fingerprint density at radius 1 is 1.10 bits per heavy atom. The normalized spacial score (nSPS) is 11.8. The number of nitrogens with zero attached hydrogens (tertiary/aromatic N) is 4. The molecule has 0 radical (unpaired) electrons. The molecule has 2 N–H and O–H groups in total. The van der Waals surface area contributed by atoms with Crippen LogP contribution in [0, 0.1) is 30.9 Å². The summed E-state index contributed by atoms with van der Waals surface area (Å²) < 4.78 is 6.28. The van der Waals surface area contributed by atoms with E-state index in [9.17, 15) is 24.5 Å². The van der Waals surface area contributed by atoms with Crippen LogP contribution in [0.5, 0.6) is 5.75 Å². The Balaban J connectivity index is 2.02. The van der Waals surface area contributed by atoms with Crippen molar-refractivity contribution in [3.8, 4) is 5.75 Å². The Kier molecular flexibility index (Phi) is 8.50. The van der Waals surface area contributed by atoms with Crippen LogP contribution in [-0.4, -0.2) is 67.3 Å². The van der Waals surface area contributed by atoms with E-state index in [4.69, 9.17) is 4.74 Å². The van der Waals surface area contributed by atoms with Crippen LogP contribution < -0.4 is 19.9 Å². The molecule has 0 aliphatic rings. The van der Waals surface area contributed by atoms with Gasteiger partial charge in [0.25, 0.3) is 17.3 Å². The van der Waals surface area contributed by atoms with Gasteiger partial charge in [0.05, 0.1) is 50.9 Å². The van der Waals surface area contributed by atoms with E-state index in [0.29, 0.717) is 25.1 Å². The number of Topliss-reactive ketones (excluding diaryl/α,β-unsaturated/α-hetero) is 1. The van der Waals surface area contributed by atoms with Crippen LogP contribution in [0.1, 0.15) is 33.7 Å². The van der Waals surface area contributed by atoms with E-state index in [1.165, 1.54) is 32.2 Å². The number of likely N-dealkylation sites (N-methyl/N-ethyl adjacent to an activating group) is 1. The van der Waals surface area contributed by atoms with E-state index in [1.807, 2.05) is 41.1 Å². The summed E-state index contributed by atoms with van der Waals surface area (Å²) in [6.07, 6.45) is -0.653. The molecule has 0 bridgehead atoms. The van der Waals surface area contributed by atoms with Crippen molar-refractivity contribution in [1.29, 1.82) is 0 Å². The molecule has 0 atom stereocenters. The van der Waals surface area contributed by atoms with Crippen molar-refractivity contribution in [2.75, 3.05) is 40.1 Å². The molecule has 0 saturated heterocycles. The predicted octanol–water partition coefficient (Wildman–Crippen LogP) is 2.23. The maximum absolute atomic E-state index is 13.4. The summed E-state index contributed by atoms with van der Waals surface area (Å²) >= 11 is 0. The van der Waals surface area contributed by atoms with Gasteiger partial charge in [-0.15, -0.1) is 0 Å².